The minimum atomic E-state index is -4.50. The van der Waals surface area contributed by atoms with Crippen LogP contribution in [0.1, 0.15) is 40.8 Å². The van der Waals surface area contributed by atoms with Gasteiger partial charge in [-0.15, -0.1) is 11.6 Å². The summed E-state index contributed by atoms with van der Waals surface area (Å²) in [7, 11) is -4.50. The number of alkyl halides is 2. The van der Waals surface area contributed by atoms with Gasteiger partial charge in [-0.3, -0.25) is 13.9 Å². The first-order valence-electron chi connectivity index (χ1n) is 12.2. The van der Waals surface area contributed by atoms with Crippen molar-refractivity contribution in [1.82, 2.24) is 14.6 Å². The van der Waals surface area contributed by atoms with Crippen LogP contribution in [0.4, 0.5) is 14.6 Å². The first kappa shape index (κ1) is 31.9. The maximum atomic E-state index is 14.3. The Morgan fingerprint density at radius 2 is 1.98 bits per heavy atom. The van der Waals surface area contributed by atoms with Crippen molar-refractivity contribution in [3.05, 3.63) is 52.8 Å². The van der Waals surface area contributed by atoms with Gasteiger partial charge in [0.05, 0.1) is 12.3 Å². The van der Waals surface area contributed by atoms with E-state index in [-0.39, 0.29) is 5.75 Å². The molecule has 6 atom stereocenters. The summed E-state index contributed by atoms with van der Waals surface area (Å²) in [6.07, 6.45) is -5.07. The van der Waals surface area contributed by atoms with Crippen molar-refractivity contribution in [3.8, 4) is 5.75 Å². The number of anilines is 1. The molecule has 3 rings (SSSR count). The first-order valence-corrected chi connectivity index (χ1v) is 14.1. The number of nitrogens with zero attached hydrogens (tertiary/aromatic N) is 2. The molecule has 1 aromatic carbocycles. The molecule has 2 aromatic rings. The van der Waals surface area contributed by atoms with E-state index < -0.39 is 78.8 Å². The van der Waals surface area contributed by atoms with Crippen LogP contribution in [-0.2, 0) is 23.4 Å². The molecule has 0 saturated carbocycles. The molecule has 0 spiro atoms. The Morgan fingerprint density at radius 1 is 1.35 bits per heavy atom. The number of aliphatic hydroxyl groups excluding tert-OH is 1. The van der Waals surface area contributed by atoms with E-state index in [9.17, 15) is 28.0 Å². The number of ether oxygens (including phenoxy) is 2. The SMILES string of the molecule is CC(C)OC(=O)[C@H](C)N[P@](=O)(Oc1ccccc1)OC(C)(C)[C@H]1O[C@@H](n2cc(F)c(N)nc2=O)[C@@](Cl)(CF)C1O. The van der Waals surface area contributed by atoms with Crippen LogP contribution in [0.3, 0.4) is 0 Å². The van der Waals surface area contributed by atoms with Crippen molar-refractivity contribution >= 4 is 31.1 Å². The number of hydrogen-bond acceptors (Lipinski definition) is 10. The average Bonchev–Trinajstić information content (AvgIpc) is 3.12. The lowest BCUT2D eigenvalue weighted by Crippen LogP contribution is -2.51. The number of nitrogens with two attached hydrogens (primary N) is 1. The van der Waals surface area contributed by atoms with Gasteiger partial charge in [0.25, 0.3) is 0 Å². The van der Waals surface area contributed by atoms with E-state index in [1.807, 2.05) is 0 Å². The number of benzene rings is 1. The second-order valence-corrected chi connectivity index (χ2v) is 12.3. The highest BCUT2D eigenvalue weighted by atomic mass is 35.5. The van der Waals surface area contributed by atoms with Crippen LogP contribution in [0.15, 0.2) is 41.3 Å². The van der Waals surface area contributed by atoms with Crippen LogP contribution in [0.5, 0.6) is 5.75 Å². The zero-order chi connectivity index (χ0) is 30.0. The Morgan fingerprint density at radius 3 is 2.55 bits per heavy atom. The first-order chi connectivity index (χ1) is 18.5. The summed E-state index contributed by atoms with van der Waals surface area (Å²) >= 11 is 6.42. The summed E-state index contributed by atoms with van der Waals surface area (Å²) in [5.41, 5.74) is 2.41. The third-order valence-corrected chi connectivity index (χ3v) is 8.30. The lowest BCUT2D eigenvalue weighted by atomic mass is 9.91. The number of esters is 1. The minimum absolute atomic E-state index is 0.106. The molecule has 1 aliphatic rings. The number of aromatic nitrogens is 2. The van der Waals surface area contributed by atoms with Gasteiger partial charge >= 0.3 is 19.4 Å². The molecule has 16 heteroatoms. The molecule has 0 aliphatic carbocycles. The predicted octanol–water partition coefficient (Wildman–Crippen LogP) is 3.08. The van der Waals surface area contributed by atoms with E-state index in [4.69, 9.17) is 35.9 Å². The van der Waals surface area contributed by atoms with Crippen molar-refractivity contribution in [3.63, 3.8) is 0 Å². The van der Waals surface area contributed by atoms with Gasteiger partial charge in [-0.05, 0) is 46.8 Å². The molecule has 40 heavy (non-hydrogen) atoms. The lowest BCUT2D eigenvalue weighted by Gasteiger charge is -2.36. The minimum Gasteiger partial charge on any atom is -0.462 e. The van der Waals surface area contributed by atoms with E-state index in [2.05, 4.69) is 10.1 Å². The summed E-state index contributed by atoms with van der Waals surface area (Å²) in [5.74, 6) is -2.45. The molecule has 2 heterocycles. The number of aliphatic hydroxyl groups is 1. The molecule has 1 aromatic heterocycles. The summed E-state index contributed by atoms with van der Waals surface area (Å²) in [6, 6.07) is 6.69. The Balaban J connectivity index is 1.97. The highest BCUT2D eigenvalue weighted by Crippen LogP contribution is 2.53. The van der Waals surface area contributed by atoms with Crippen molar-refractivity contribution in [2.24, 2.45) is 0 Å². The zero-order valence-electron chi connectivity index (χ0n) is 22.4. The lowest BCUT2D eigenvalue weighted by molar-refractivity contribution is -0.149. The van der Waals surface area contributed by atoms with Crippen LogP contribution in [0.25, 0.3) is 0 Å². The van der Waals surface area contributed by atoms with Gasteiger partial charge in [-0.2, -0.15) is 10.1 Å². The zero-order valence-corrected chi connectivity index (χ0v) is 24.1. The van der Waals surface area contributed by atoms with E-state index in [1.54, 1.807) is 32.0 Å². The van der Waals surface area contributed by atoms with Gasteiger partial charge in [0.15, 0.2) is 17.9 Å². The van der Waals surface area contributed by atoms with E-state index >= 15 is 0 Å². The molecule has 0 radical (unpaired) electrons. The molecule has 1 aliphatic heterocycles. The Labute approximate surface area is 234 Å². The quantitative estimate of drug-likeness (QED) is 0.195. The van der Waals surface area contributed by atoms with Crippen LogP contribution >= 0.6 is 19.3 Å². The van der Waals surface area contributed by atoms with E-state index in [1.165, 1.54) is 32.9 Å². The molecular formula is C24H32ClF2N4O8P. The van der Waals surface area contributed by atoms with Gasteiger partial charge in [0.2, 0.25) is 0 Å². The maximum Gasteiger partial charge on any atom is 0.460 e. The van der Waals surface area contributed by atoms with Crippen LogP contribution in [-0.4, -0.2) is 62.1 Å². The number of carbonyl (C=O) groups is 1. The standard InChI is InChI=1S/C24H32ClF2N4O8P/c1-13(2)36-20(33)14(3)30-40(35,38-15-9-7-6-8-10-15)39-23(4,5)18-17(32)24(25,12-26)21(37-18)31-11-16(27)19(28)29-22(31)34/h6-11,13-14,17-18,21,32H,12H2,1-5H3,(H,30,35)(H2,28,29,34)/t14-,17?,18-,21+,24+,40-/m0/s1. The predicted molar refractivity (Wildman–Crippen MR) is 141 cm³/mol. The molecule has 0 bridgehead atoms. The van der Waals surface area contributed by atoms with Crippen LogP contribution < -0.4 is 21.0 Å². The molecule has 12 nitrogen and oxygen atoms in total. The smallest absolute Gasteiger partial charge is 0.460 e. The van der Waals surface area contributed by atoms with Crippen LogP contribution in [0.2, 0.25) is 0 Å². The molecule has 1 fully saturated rings. The summed E-state index contributed by atoms with van der Waals surface area (Å²) in [5, 5.41) is 13.6. The molecule has 222 valence electrons. The van der Waals surface area contributed by atoms with Gasteiger partial charge in [-0.1, -0.05) is 18.2 Å². The number of halogens is 3. The van der Waals surface area contributed by atoms with Gasteiger partial charge in [0.1, 0.15) is 41.1 Å². The molecule has 4 N–H and O–H groups in total. The normalized spacial score (nSPS) is 25.4. The van der Waals surface area contributed by atoms with E-state index in [0.29, 0.717) is 10.8 Å². The monoisotopic (exact) mass is 608 g/mol. The second-order valence-electron chi connectivity index (χ2n) is 10.0. The topological polar surface area (TPSA) is 164 Å². The van der Waals surface area contributed by atoms with Crippen molar-refractivity contribution in [1.29, 1.82) is 0 Å². The van der Waals surface area contributed by atoms with Gasteiger partial charge in [-0.25, -0.2) is 18.1 Å². The maximum absolute atomic E-state index is 14.3. The third kappa shape index (κ3) is 6.81. The summed E-state index contributed by atoms with van der Waals surface area (Å²) in [6.45, 7) is 5.89. The van der Waals surface area contributed by atoms with Crippen LogP contribution in [0, 0.1) is 5.82 Å². The molecular weight excluding hydrogens is 577 g/mol. The summed E-state index contributed by atoms with van der Waals surface area (Å²) < 4.78 is 65.5. The number of carbonyl (C=O) groups excluding carboxylic acids is 1. The number of nitrogens with one attached hydrogen (secondary N) is 1. The molecule has 1 saturated heterocycles. The largest absolute Gasteiger partial charge is 0.462 e. The Bertz CT molecular complexity index is 1320. The fourth-order valence-corrected chi connectivity index (χ4v) is 6.13. The van der Waals surface area contributed by atoms with E-state index in [0.717, 1.165) is 0 Å². The molecule has 1 unspecified atom stereocenters. The number of para-hydroxylation sites is 1. The third-order valence-electron chi connectivity index (χ3n) is 5.92. The van der Waals surface area contributed by atoms with Crippen molar-refractivity contribution < 1.29 is 41.8 Å². The average molecular weight is 609 g/mol. The highest BCUT2D eigenvalue weighted by Gasteiger charge is 2.62. The number of hydrogen-bond donors (Lipinski definition) is 3. The van der Waals surface area contributed by atoms with Gasteiger partial charge < -0.3 is 24.8 Å². The highest BCUT2D eigenvalue weighted by molar-refractivity contribution is 7.52. The number of nitrogen functional groups attached to an aromatic ring is 1. The number of rotatable bonds is 11. The van der Waals surface area contributed by atoms with Crippen molar-refractivity contribution in [2.75, 3.05) is 12.4 Å². The Kier molecular flexibility index (Phi) is 9.65. The van der Waals surface area contributed by atoms with Gasteiger partial charge in [0, 0.05) is 0 Å². The molecule has 0 amide bonds. The Hall–Kier alpha value is -2.61. The fourth-order valence-electron chi connectivity index (χ4n) is 4.01. The summed E-state index contributed by atoms with van der Waals surface area (Å²) in [4.78, 5) is 25.9. The fraction of sp³-hybridized carbons (Fsp3) is 0.542. The second kappa shape index (κ2) is 12.1. The van der Waals surface area contributed by atoms with Crippen molar-refractivity contribution in [2.45, 2.75) is 75.7 Å².